The molecule has 0 fully saturated rings. The Bertz CT molecular complexity index is 1430. The Hall–Kier alpha value is -3.88. The average Bonchev–Trinajstić information content (AvgIpc) is 2.77. The van der Waals surface area contributed by atoms with E-state index in [4.69, 9.17) is 0 Å². The average molecular weight is 498 g/mol. The number of aromatic nitrogens is 2. The molecule has 0 saturated heterocycles. The summed E-state index contributed by atoms with van der Waals surface area (Å²) in [6, 6.07) is 9.15. The van der Waals surface area contributed by atoms with Crippen LogP contribution >= 0.6 is 0 Å². The summed E-state index contributed by atoms with van der Waals surface area (Å²) >= 11 is 0. The van der Waals surface area contributed by atoms with Gasteiger partial charge in [-0.25, -0.2) is 13.6 Å². The Balaban J connectivity index is 2.11. The third-order valence-corrected chi connectivity index (χ3v) is 6.09. The molecule has 0 saturated carbocycles. The standard InChI is InChI=1S/C27H29F2N3O4/c1-15(18-10-12-19(13-11-18)30-25(35)27(4,5)6)32-24(34)23(17(3)33)16(2)31(26(32)36)14-20-21(28)8-7-9-22(20)29/h7-13,15H,14H2,1-6H3,(H,30,35)/t15-/m1/s1. The normalized spacial score (nSPS) is 12.3. The lowest BCUT2D eigenvalue weighted by Gasteiger charge is -2.21. The van der Waals surface area contributed by atoms with Crippen LogP contribution in [0.4, 0.5) is 14.5 Å². The molecule has 0 bridgehead atoms. The maximum atomic E-state index is 14.3. The predicted molar refractivity (Wildman–Crippen MR) is 134 cm³/mol. The van der Waals surface area contributed by atoms with Gasteiger partial charge in [0.1, 0.15) is 17.2 Å². The van der Waals surface area contributed by atoms with Gasteiger partial charge in [-0.15, -0.1) is 0 Å². The molecule has 36 heavy (non-hydrogen) atoms. The fourth-order valence-corrected chi connectivity index (χ4v) is 3.86. The molecule has 190 valence electrons. The van der Waals surface area contributed by atoms with Crippen LogP contribution in [0.2, 0.25) is 0 Å². The molecule has 0 aliphatic carbocycles. The van der Waals surface area contributed by atoms with E-state index in [2.05, 4.69) is 5.32 Å². The first-order valence-electron chi connectivity index (χ1n) is 11.4. The summed E-state index contributed by atoms with van der Waals surface area (Å²) in [5.74, 6) is -2.43. The van der Waals surface area contributed by atoms with Crippen LogP contribution in [0.15, 0.2) is 52.1 Å². The van der Waals surface area contributed by atoms with Crippen molar-refractivity contribution < 1.29 is 18.4 Å². The van der Waals surface area contributed by atoms with Crippen LogP contribution in [0.25, 0.3) is 0 Å². The minimum Gasteiger partial charge on any atom is -0.326 e. The molecule has 1 heterocycles. The second-order valence-electron chi connectivity index (χ2n) is 9.76. The van der Waals surface area contributed by atoms with Crippen LogP contribution in [-0.2, 0) is 11.3 Å². The molecular formula is C27H29F2N3O4. The van der Waals surface area contributed by atoms with Crippen molar-refractivity contribution in [3.05, 3.63) is 97.3 Å². The minimum absolute atomic E-state index is 0.0313. The molecule has 1 atom stereocenters. The number of rotatable bonds is 6. The van der Waals surface area contributed by atoms with Gasteiger partial charge in [-0.05, 0) is 50.6 Å². The number of hydrogen-bond acceptors (Lipinski definition) is 4. The number of hydrogen-bond donors (Lipinski definition) is 1. The number of anilines is 1. The summed E-state index contributed by atoms with van der Waals surface area (Å²) in [6.45, 7) is 9.07. The Labute approximate surface area is 207 Å². The lowest BCUT2D eigenvalue weighted by atomic mass is 9.95. The molecule has 0 spiro atoms. The molecule has 3 rings (SSSR count). The van der Waals surface area contributed by atoms with Crippen LogP contribution in [-0.4, -0.2) is 20.8 Å². The maximum absolute atomic E-state index is 14.3. The molecule has 0 radical (unpaired) electrons. The van der Waals surface area contributed by atoms with Crippen LogP contribution in [0.1, 0.15) is 67.8 Å². The Morgan fingerprint density at radius 2 is 1.56 bits per heavy atom. The van der Waals surface area contributed by atoms with E-state index in [1.807, 2.05) is 0 Å². The van der Waals surface area contributed by atoms with Gasteiger partial charge in [0.25, 0.3) is 5.56 Å². The second kappa shape index (κ2) is 10.0. The predicted octanol–water partition coefficient (Wildman–Crippen LogP) is 4.44. The number of benzene rings is 2. The maximum Gasteiger partial charge on any atom is 0.332 e. The van der Waals surface area contributed by atoms with E-state index in [0.717, 1.165) is 21.3 Å². The number of Topliss-reactive ketones (excluding diaryl/α,β-unsaturated/α-hetero) is 1. The number of nitrogens with zero attached hydrogens (tertiary/aromatic N) is 2. The number of carbonyl (C=O) groups is 2. The SMILES string of the molecule is CC(=O)c1c(C)n(Cc2c(F)cccc2F)c(=O)n([C@H](C)c2ccc(NC(=O)C(C)(C)C)cc2)c1=O. The number of halogens is 2. The molecule has 0 unspecified atom stereocenters. The summed E-state index contributed by atoms with van der Waals surface area (Å²) in [7, 11) is 0. The molecule has 1 N–H and O–H groups in total. The van der Waals surface area contributed by atoms with Crippen molar-refractivity contribution in [3.8, 4) is 0 Å². The van der Waals surface area contributed by atoms with Crippen molar-refractivity contribution in [2.75, 3.05) is 5.32 Å². The van der Waals surface area contributed by atoms with E-state index in [1.54, 1.807) is 52.0 Å². The molecule has 3 aromatic rings. The molecule has 1 amide bonds. The zero-order chi connectivity index (χ0) is 26.9. The van der Waals surface area contributed by atoms with Crippen LogP contribution in [0.5, 0.6) is 0 Å². The second-order valence-corrected chi connectivity index (χ2v) is 9.76. The van der Waals surface area contributed by atoms with Gasteiger partial charge in [-0.1, -0.05) is 39.0 Å². The highest BCUT2D eigenvalue weighted by Gasteiger charge is 2.25. The lowest BCUT2D eigenvalue weighted by Crippen LogP contribution is -2.45. The van der Waals surface area contributed by atoms with Gasteiger partial charge < -0.3 is 5.32 Å². The number of ketones is 1. The molecule has 2 aromatic carbocycles. The highest BCUT2D eigenvalue weighted by molar-refractivity contribution is 5.95. The molecule has 1 aromatic heterocycles. The van der Waals surface area contributed by atoms with Crippen molar-refractivity contribution in [3.63, 3.8) is 0 Å². The van der Waals surface area contributed by atoms with Gasteiger partial charge in [-0.2, -0.15) is 0 Å². The summed E-state index contributed by atoms with van der Waals surface area (Å²) in [5.41, 5.74) is -1.63. The van der Waals surface area contributed by atoms with E-state index in [9.17, 15) is 28.0 Å². The lowest BCUT2D eigenvalue weighted by molar-refractivity contribution is -0.123. The van der Waals surface area contributed by atoms with E-state index in [0.29, 0.717) is 11.3 Å². The van der Waals surface area contributed by atoms with Crippen LogP contribution < -0.4 is 16.6 Å². The highest BCUT2D eigenvalue weighted by Crippen LogP contribution is 2.22. The smallest absolute Gasteiger partial charge is 0.326 e. The van der Waals surface area contributed by atoms with Gasteiger partial charge >= 0.3 is 5.69 Å². The Morgan fingerprint density at radius 3 is 2.06 bits per heavy atom. The zero-order valence-electron chi connectivity index (χ0n) is 21.1. The number of nitrogens with one attached hydrogen (secondary N) is 1. The van der Waals surface area contributed by atoms with Gasteiger partial charge in [-0.3, -0.25) is 23.5 Å². The molecule has 7 nitrogen and oxygen atoms in total. The molecule has 0 aliphatic heterocycles. The fraction of sp³-hybridized carbons (Fsp3) is 0.333. The minimum atomic E-state index is -0.843. The van der Waals surface area contributed by atoms with E-state index in [-0.39, 0.29) is 22.7 Å². The third kappa shape index (κ3) is 5.19. The Kier molecular flexibility index (Phi) is 7.43. The zero-order valence-corrected chi connectivity index (χ0v) is 21.1. The van der Waals surface area contributed by atoms with E-state index >= 15 is 0 Å². The largest absolute Gasteiger partial charge is 0.332 e. The molecule has 0 aliphatic rings. The number of carbonyl (C=O) groups excluding carboxylic acids is 2. The van der Waals surface area contributed by atoms with Gasteiger partial charge in [0.2, 0.25) is 5.91 Å². The van der Waals surface area contributed by atoms with Crippen LogP contribution in [0.3, 0.4) is 0 Å². The fourth-order valence-electron chi connectivity index (χ4n) is 3.86. The third-order valence-electron chi connectivity index (χ3n) is 6.09. The quantitative estimate of drug-likeness (QED) is 0.510. The van der Waals surface area contributed by atoms with Crippen molar-refractivity contribution in [2.45, 2.75) is 54.1 Å². The first-order chi connectivity index (χ1) is 16.7. The number of amides is 1. The van der Waals surface area contributed by atoms with Crippen molar-refractivity contribution >= 4 is 17.4 Å². The topological polar surface area (TPSA) is 90.2 Å². The molecular weight excluding hydrogens is 468 g/mol. The monoisotopic (exact) mass is 497 g/mol. The van der Waals surface area contributed by atoms with Gasteiger partial charge in [0, 0.05) is 22.4 Å². The summed E-state index contributed by atoms with van der Waals surface area (Å²) in [5, 5.41) is 2.80. The Morgan fingerprint density at radius 1 is 1.00 bits per heavy atom. The molecule has 9 heteroatoms. The van der Waals surface area contributed by atoms with Crippen molar-refractivity contribution in [2.24, 2.45) is 5.41 Å². The van der Waals surface area contributed by atoms with Crippen LogP contribution in [0, 0.1) is 24.0 Å². The van der Waals surface area contributed by atoms with Crippen molar-refractivity contribution in [1.29, 1.82) is 0 Å². The first-order valence-corrected chi connectivity index (χ1v) is 11.4. The van der Waals surface area contributed by atoms with Gasteiger partial charge in [0.15, 0.2) is 5.78 Å². The van der Waals surface area contributed by atoms with Crippen molar-refractivity contribution in [1.82, 2.24) is 9.13 Å². The summed E-state index contributed by atoms with van der Waals surface area (Å²) in [4.78, 5) is 51.3. The van der Waals surface area contributed by atoms with Gasteiger partial charge in [0.05, 0.1) is 12.6 Å². The van der Waals surface area contributed by atoms with E-state index < -0.39 is 46.7 Å². The first kappa shape index (κ1) is 26.7. The highest BCUT2D eigenvalue weighted by atomic mass is 19.1. The summed E-state index contributed by atoms with van der Waals surface area (Å²) < 4.78 is 30.6. The van der Waals surface area contributed by atoms with E-state index in [1.165, 1.54) is 19.9 Å². The summed E-state index contributed by atoms with van der Waals surface area (Å²) in [6.07, 6.45) is 0.